The Labute approximate surface area is 106 Å². The Bertz CT molecular complexity index is 715. The van der Waals surface area contributed by atoms with Crippen LogP contribution in [-0.4, -0.2) is 9.97 Å². The molecule has 1 N–H and O–H groups in total. The number of hydrogen-bond donors (Lipinski definition) is 1. The smallest absolute Gasteiger partial charge is 0.137 e. The van der Waals surface area contributed by atoms with Crippen molar-refractivity contribution in [3.05, 3.63) is 54.4 Å². The number of fused-ring (bicyclic) bond motifs is 1. The van der Waals surface area contributed by atoms with Crippen LogP contribution in [0.15, 0.2) is 48.8 Å². The van der Waals surface area contributed by atoms with Gasteiger partial charge >= 0.3 is 0 Å². The van der Waals surface area contributed by atoms with E-state index in [9.17, 15) is 0 Å². The van der Waals surface area contributed by atoms with Crippen molar-refractivity contribution in [1.82, 2.24) is 9.97 Å². The largest absolute Gasteiger partial charge is 0.346 e. The van der Waals surface area contributed by atoms with Gasteiger partial charge in [-0.25, -0.2) is 4.98 Å². The number of hydrogen-bond acceptors (Lipinski definition) is 1. The molecule has 0 radical (unpaired) electrons. The summed E-state index contributed by atoms with van der Waals surface area (Å²) >= 11 is 0. The highest BCUT2D eigenvalue weighted by molar-refractivity contribution is 5.93. The number of aromatic amines is 1. The van der Waals surface area contributed by atoms with E-state index >= 15 is 0 Å². The van der Waals surface area contributed by atoms with Gasteiger partial charge in [-0.15, -0.1) is 12.3 Å². The molecule has 0 atom stereocenters. The number of pyridine rings is 1. The molecule has 0 aliphatic carbocycles. The first kappa shape index (κ1) is 10.6. The third-order valence-electron chi connectivity index (χ3n) is 3.02. The molecule has 0 saturated carbocycles. The van der Waals surface area contributed by atoms with Crippen LogP contribution in [0, 0.1) is 12.3 Å². The van der Waals surface area contributed by atoms with Gasteiger partial charge in [0.15, 0.2) is 0 Å². The van der Waals surface area contributed by atoms with Gasteiger partial charge in [-0.3, -0.25) is 0 Å². The number of nitrogens with one attached hydrogen (secondary N) is 1. The zero-order valence-electron chi connectivity index (χ0n) is 9.85. The lowest BCUT2D eigenvalue weighted by Gasteiger charge is -2.01. The molecule has 0 fully saturated rings. The minimum atomic E-state index is 0.676. The van der Waals surface area contributed by atoms with Crippen LogP contribution in [0.5, 0.6) is 0 Å². The Morgan fingerprint density at radius 3 is 2.78 bits per heavy atom. The normalized spacial score (nSPS) is 10.4. The van der Waals surface area contributed by atoms with Gasteiger partial charge in [0, 0.05) is 29.8 Å². The number of aromatic nitrogens is 2. The molecule has 0 amide bonds. The first-order chi connectivity index (χ1) is 8.88. The van der Waals surface area contributed by atoms with Crippen LogP contribution in [0.25, 0.3) is 22.2 Å². The topological polar surface area (TPSA) is 28.7 Å². The maximum Gasteiger partial charge on any atom is 0.137 e. The molecule has 1 aromatic carbocycles. The Morgan fingerprint density at radius 1 is 1.17 bits per heavy atom. The molecule has 2 nitrogen and oxygen atoms in total. The Balaban J connectivity index is 2.07. The minimum absolute atomic E-state index is 0.676. The quantitative estimate of drug-likeness (QED) is 0.674. The van der Waals surface area contributed by atoms with Crippen molar-refractivity contribution in [3.63, 3.8) is 0 Å². The van der Waals surface area contributed by atoms with Gasteiger partial charge in [-0.1, -0.05) is 24.3 Å². The summed E-state index contributed by atoms with van der Waals surface area (Å²) in [6.07, 6.45) is 9.76. The Morgan fingerprint density at radius 2 is 2.00 bits per heavy atom. The summed E-state index contributed by atoms with van der Waals surface area (Å²) in [7, 11) is 0. The summed E-state index contributed by atoms with van der Waals surface area (Å²) in [6.45, 7) is 0. The van der Waals surface area contributed by atoms with E-state index in [0.29, 0.717) is 6.42 Å². The highest BCUT2D eigenvalue weighted by Gasteiger charge is 2.05. The Kier molecular flexibility index (Phi) is 2.59. The highest BCUT2D eigenvalue weighted by atomic mass is 14.8. The second-order valence-corrected chi connectivity index (χ2v) is 4.18. The van der Waals surface area contributed by atoms with Crippen molar-refractivity contribution in [2.45, 2.75) is 6.42 Å². The van der Waals surface area contributed by atoms with E-state index in [-0.39, 0.29) is 0 Å². The molecule has 18 heavy (non-hydrogen) atoms. The maximum atomic E-state index is 5.30. The summed E-state index contributed by atoms with van der Waals surface area (Å²) < 4.78 is 0. The third kappa shape index (κ3) is 1.76. The summed E-state index contributed by atoms with van der Waals surface area (Å²) in [5.74, 6) is 2.65. The van der Waals surface area contributed by atoms with Crippen molar-refractivity contribution in [2.24, 2.45) is 0 Å². The van der Waals surface area contributed by atoms with E-state index < -0.39 is 0 Å². The number of terminal acetylenes is 1. The van der Waals surface area contributed by atoms with E-state index in [1.165, 1.54) is 16.7 Å². The number of H-pyrrole nitrogens is 1. The van der Waals surface area contributed by atoms with Crippen LogP contribution in [0.3, 0.4) is 0 Å². The molecule has 3 rings (SSSR count). The second kappa shape index (κ2) is 4.38. The van der Waals surface area contributed by atoms with E-state index in [1.807, 2.05) is 12.3 Å². The average molecular weight is 232 g/mol. The average Bonchev–Trinajstić information content (AvgIpc) is 2.84. The maximum absolute atomic E-state index is 5.30. The predicted octanol–water partition coefficient (Wildman–Crippen LogP) is 3.41. The lowest BCUT2D eigenvalue weighted by Crippen LogP contribution is -1.82. The molecule has 0 aliphatic heterocycles. The van der Waals surface area contributed by atoms with Crippen LogP contribution in [-0.2, 0) is 6.42 Å². The van der Waals surface area contributed by atoms with Crippen molar-refractivity contribution >= 4 is 11.0 Å². The van der Waals surface area contributed by atoms with Crippen molar-refractivity contribution in [2.75, 3.05) is 0 Å². The Hall–Kier alpha value is -2.53. The standard InChI is InChI=1S/C16H12N2/c1-2-4-12-6-8-13(9-7-12)15-11-18-16-14(15)5-3-10-17-16/h1,3,5-11H,4H2,(H,17,18). The highest BCUT2D eigenvalue weighted by Crippen LogP contribution is 2.27. The molecule has 0 aliphatic rings. The number of benzene rings is 1. The van der Waals surface area contributed by atoms with Crippen molar-refractivity contribution < 1.29 is 0 Å². The number of nitrogens with zero attached hydrogens (tertiary/aromatic N) is 1. The summed E-state index contributed by atoms with van der Waals surface area (Å²) in [5.41, 5.74) is 4.43. The molecule has 0 saturated heterocycles. The van der Waals surface area contributed by atoms with E-state index in [2.05, 4.69) is 46.2 Å². The van der Waals surface area contributed by atoms with Crippen molar-refractivity contribution in [1.29, 1.82) is 0 Å². The third-order valence-corrected chi connectivity index (χ3v) is 3.02. The van der Waals surface area contributed by atoms with Gasteiger partial charge < -0.3 is 4.98 Å². The SMILES string of the molecule is C#CCc1ccc(-c2c[nH]c3ncccc23)cc1. The fourth-order valence-corrected chi connectivity index (χ4v) is 2.11. The van der Waals surface area contributed by atoms with Crippen molar-refractivity contribution in [3.8, 4) is 23.5 Å². The summed E-state index contributed by atoms with van der Waals surface area (Å²) in [4.78, 5) is 7.48. The van der Waals surface area contributed by atoms with Crippen LogP contribution in [0.1, 0.15) is 5.56 Å². The predicted molar refractivity (Wildman–Crippen MR) is 74.1 cm³/mol. The molecular weight excluding hydrogens is 220 g/mol. The van der Waals surface area contributed by atoms with Gasteiger partial charge in [0.05, 0.1) is 0 Å². The van der Waals surface area contributed by atoms with Crippen LogP contribution < -0.4 is 0 Å². The molecule has 3 aromatic rings. The van der Waals surface area contributed by atoms with Crippen LogP contribution in [0.4, 0.5) is 0 Å². The molecule has 2 aromatic heterocycles. The molecule has 0 spiro atoms. The molecule has 0 bridgehead atoms. The molecule has 0 unspecified atom stereocenters. The molecular formula is C16H12N2. The van der Waals surface area contributed by atoms with Gasteiger partial charge in [0.2, 0.25) is 0 Å². The zero-order valence-corrected chi connectivity index (χ0v) is 9.85. The fourth-order valence-electron chi connectivity index (χ4n) is 2.11. The van der Waals surface area contributed by atoms with E-state index in [1.54, 1.807) is 6.20 Å². The zero-order chi connectivity index (χ0) is 12.4. The van der Waals surface area contributed by atoms with Gasteiger partial charge in [0.25, 0.3) is 0 Å². The molecule has 2 heteroatoms. The minimum Gasteiger partial charge on any atom is -0.346 e. The van der Waals surface area contributed by atoms with E-state index in [0.717, 1.165) is 11.0 Å². The second-order valence-electron chi connectivity index (χ2n) is 4.18. The van der Waals surface area contributed by atoms with Gasteiger partial charge in [-0.2, -0.15) is 0 Å². The number of rotatable bonds is 2. The van der Waals surface area contributed by atoms with Crippen LogP contribution >= 0.6 is 0 Å². The molecule has 2 heterocycles. The first-order valence-electron chi connectivity index (χ1n) is 5.83. The lowest BCUT2D eigenvalue weighted by atomic mass is 10.0. The van der Waals surface area contributed by atoms with E-state index in [4.69, 9.17) is 6.42 Å². The summed E-state index contributed by atoms with van der Waals surface area (Å²) in [5, 5.41) is 1.14. The van der Waals surface area contributed by atoms with Crippen LogP contribution in [0.2, 0.25) is 0 Å². The first-order valence-corrected chi connectivity index (χ1v) is 5.83. The monoisotopic (exact) mass is 232 g/mol. The van der Waals surface area contributed by atoms with Gasteiger partial charge in [-0.05, 0) is 23.3 Å². The summed E-state index contributed by atoms with van der Waals surface area (Å²) in [6, 6.07) is 12.4. The fraction of sp³-hybridized carbons (Fsp3) is 0.0625. The van der Waals surface area contributed by atoms with Gasteiger partial charge in [0.1, 0.15) is 5.65 Å². The lowest BCUT2D eigenvalue weighted by molar-refractivity contribution is 1.32. The molecule has 86 valence electrons.